The van der Waals surface area contributed by atoms with Crippen molar-refractivity contribution in [3.05, 3.63) is 83.1 Å². The molecule has 1 aromatic carbocycles. The summed E-state index contributed by atoms with van der Waals surface area (Å²) in [5, 5.41) is 13.6. The molecule has 0 saturated carbocycles. The van der Waals surface area contributed by atoms with Crippen molar-refractivity contribution in [2.24, 2.45) is 5.73 Å². The highest BCUT2D eigenvalue weighted by atomic mass is 32.1. The van der Waals surface area contributed by atoms with E-state index in [1.54, 1.807) is 29.7 Å². The van der Waals surface area contributed by atoms with Crippen LogP contribution in [0.25, 0.3) is 10.6 Å². The smallest absolute Gasteiger partial charge is 0.214 e. The third-order valence-electron chi connectivity index (χ3n) is 4.02. The SMILES string of the molecule is CC(N)=O.Cc1ccnc(Nc2cccc(-c3cnc(Cc4ccc(O)cc4)s3)n2)c1. The van der Waals surface area contributed by atoms with Gasteiger partial charge in [-0.25, -0.2) is 15.0 Å². The number of aromatic nitrogens is 3. The number of anilines is 2. The molecule has 0 aliphatic rings. The fourth-order valence-corrected chi connectivity index (χ4v) is 3.60. The summed E-state index contributed by atoms with van der Waals surface area (Å²) in [5.74, 6) is 1.46. The number of aryl methyl sites for hydroxylation is 1. The Hall–Kier alpha value is -3.78. The maximum Gasteiger partial charge on any atom is 0.214 e. The number of nitrogens with one attached hydrogen (secondary N) is 1. The first kappa shape index (κ1) is 21.9. The van der Waals surface area contributed by atoms with Crippen molar-refractivity contribution in [1.29, 1.82) is 0 Å². The Morgan fingerprint density at radius 1 is 1.10 bits per heavy atom. The lowest BCUT2D eigenvalue weighted by atomic mass is 10.1. The van der Waals surface area contributed by atoms with Crippen LogP contribution in [0.2, 0.25) is 0 Å². The lowest BCUT2D eigenvalue weighted by molar-refractivity contribution is -0.115. The highest BCUT2D eigenvalue weighted by Gasteiger charge is 2.08. The fourth-order valence-electron chi connectivity index (χ4n) is 2.68. The summed E-state index contributed by atoms with van der Waals surface area (Å²) in [6, 6.07) is 17.0. The minimum atomic E-state index is -0.333. The van der Waals surface area contributed by atoms with Gasteiger partial charge in [0, 0.05) is 25.7 Å². The zero-order valence-corrected chi connectivity index (χ0v) is 18.1. The number of carbonyl (C=O) groups is 1. The molecule has 0 aliphatic heterocycles. The first-order valence-corrected chi connectivity index (χ1v) is 10.4. The van der Waals surface area contributed by atoms with Gasteiger partial charge in [0.2, 0.25) is 5.91 Å². The number of primary amides is 1. The second-order valence-electron chi connectivity index (χ2n) is 6.82. The number of amides is 1. The first-order valence-electron chi connectivity index (χ1n) is 9.55. The molecule has 4 rings (SSSR count). The summed E-state index contributed by atoms with van der Waals surface area (Å²) in [7, 11) is 0. The van der Waals surface area contributed by atoms with Gasteiger partial charge < -0.3 is 16.2 Å². The molecule has 1 amide bonds. The van der Waals surface area contributed by atoms with Crippen LogP contribution in [0.4, 0.5) is 11.6 Å². The quantitative estimate of drug-likeness (QED) is 0.429. The van der Waals surface area contributed by atoms with Crippen LogP contribution in [-0.4, -0.2) is 26.0 Å². The molecule has 0 atom stereocenters. The lowest BCUT2D eigenvalue weighted by Gasteiger charge is -2.06. The number of nitrogens with zero attached hydrogens (tertiary/aromatic N) is 3. The number of phenols is 1. The van der Waals surface area contributed by atoms with E-state index in [0.29, 0.717) is 0 Å². The van der Waals surface area contributed by atoms with Crippen molar-refractivity contribution in [2.45, 2.75) is 20.3 Å². The van der Waals surface area contributed by atoms with E-state index in [2.05, 4.69) is 26.0 Å². The van der Waals surface area contributed by atoms with Crippen LogP contribution in [0.5, 0.6) is 5.75 Å². The van der Waals surface area contributed by atoms with Crippen LogP contribution < -0.4 is 11.1 Å². The molecule has 3 aromatic heterocycles. The maximum atomic E-state index is 9.39. The number of carbonyl (C=O) groups excluding carboxylic acids is 1. The van der Waals surface area contributed by atoms with Gasteiger partial charge in [-0.05, 0) is 54.4 Å². The van der Waals surface area contributed by atoms with E-state index in [1.807, 2.05) is 55.6 Å². The number of hydrogen-bond acceptors (Lipinski definition) is 7. The molecule has 158 valence electrons. The Bertz CT molecular complexity index is 1150. The zero-order chi connectivity index (χ0) is 22.2. The second kappa shape index (κ2) is 10.3. The normalized spacial score (nSPS) is 10.1. The van der Waals surface area contributed by atoms with Crippen molar-refractivity contribution in [2.75, 3.05) is 5.32 Å². The Balaban J connectivity index is 0.000000628. The monoisotopic (exact) mass is 433 g/mol. The number of rotatable bonds is 5. The predicted octanol–water partition coefficient (Wildman–Crippen LogP) is 4.44. The molecule has 0 saturated heterocycles. The summed E-state index contributed by atoms with van der Waals surface area (Å²) in [5.41, 5.74) is 7.61. The number of phenolic OH excluding ortho intramolecular Hbond substituents is 1. The number of nitrogens with two attached hydrogens (primary N) is 1. The van der Waals surface area contributed by atoms with E-state index in [0.717, 1.165) is 44.8 Å². The fraction of sp³-hybridized carbons (Fsp3) is 0.130. The average molecular weight is 434 g/mol. The summed E-state index contributed by atoms with van der Waals surface area (Å²) in [6.45, 7) is 3.34. The van der Waals surface area contributed by atoms with E-state index >= 15 is 0 Å². The molecule has 0 radical (unpaired) electrons. The van der Waals surface area contributed by atoms with Gasteiger partial charge in [-0.15, -0.1) is 11.3 Å². The molecule has 4 N–H and O–H groups in total. The topological polar surface area (TPSA) is 114 Å². The van der Waals surface area contributed by atoms with Gasteiger partial charge in [0.05, 0.1) is 15.6 Å². The molecular formula is C23H23N5O2S. The Labute approximate surface area is 184 Å². The first-order chi connectivity index (χ1) is 14.9. The third-order valence-corrected chi connectivity index (χ3v) is 5.04. The third kappa shape index (κ3) is 6.90. The number of aromatic hydroxyl groups is 1. The standard InChI is InChI=1S/C21H18N4OS.C2H5NO/c1-14-9-10-22-20(11-14)25-19-4-2-3-17(24-19)18-13-23-21(27-18)12-15-5-7-16(26)8-6-15;1-2(3)4/h2-11,13,26H,12H2,1H3,(H,22,24,25);1H3,(H2,3,4). The Kier molecular flexibility index (Phi) is 7.29. The maximum absolute atomic E-state index is 9.39. The Morgan fingerprint density at radius 3 is 2.55 bits per heavy atom. The molecule has 31 heavy (non-hydrogen) atoms. The summed E-state index contributed by atoms with van der Waals surface area (Å²) in [6.07, 6.45) is 4.37. The Morgan fingerprint density at radius 2 is 1.84 bits per heavy atom. The summed E-state index contributed by atoms with van der Waals surface area (Å²) >= 11 is 1.62. The van der Waals surface area contributed by atoms with Crippen LogP contribution in [-0.2, 0) is 11.2 Å². The summed E-state index contributed by atoms with van der Waals surface area (Å²) in [4.78, 5) is 23.8. The number of benzene rings is 1. The van der Waals surface area contributed by atoms with E-state index in [1.165, 1.54) is 6.92 Å². The van der Waals surface area contributed by atoms with Crippen molar-refractivity contribution >= 4 is 28.9 Å². The van der Waals surface area contributed by atoms with E-state index < -0.39 is 0 Å². The number of pyridine rings is 2. The highest BCUT2D eigenvalue weighted by molar-refractivity contribution is 7.15. The van der Waals surface area contributed by atoms with Crippen molar-refractivity contribution in [1.82, 2.24) is 15.0 Å². The van der Waals surface area contributed by atoms with Crippen LogP contribution in [0.15, 0.2) is 67.0 Å². The molecule has 4 aromatic rings. The minimum Gasteiger partial charge on any atom is -0.508 e. The van der Waals surface area contributed by atoms with Gasteiger partial charge in [-0.1, -0.05) is 18.2 Å². The van der Waals surface area contributed by atoms with Gasteiger partial charge in [0.25, 0.3) is 0 Å². The molecule has 7 nitrogen and oxygen atoms in total. The van der Waals surface area contributed by atoms with Gasteiger partial charge in [-0.2, -0.15) is 0 Å². The molecule has 0 bridgehead atoms. The second-order valence-corrected chi connectivity index (χ2v) is 7.94. The molecule has 3 heterocycles. The van der Waals surface area contributed by atoms with Crippen LogP contribution >= 0.6 is 11.3 Å². The van der Waals surface area contributed by atoms with Crippen molar-refractivity contribution < 1.29 is 9.90 Å². The van der Waals surface area contributed by atoms with Crippen LogP contribution in [0.1, 0.15) is 23.1 Å². The molecule has 0 fully saturated rings. The van der Waals surface area contributed by atoms with Gasteiger partial charge in [-0.3, -0.25) is 4.79 Å². The average Bonchev–Trinajstić information content (AvgIpc) is 3.18. The van der Waals surface area contributed by atoms with E-state index in [4.69, 9.17) is 0 Å². The molecule has 0 unspecified atom stereocenters. The van der Waals surface area contributed by atoms with Crippen LogP contribution in [0, 0.1) is 6.92 Å². The molecule has 8 heteroatoms. The minimum absolute atomic E-state index is 0.273. The highest BCUT2D eigenvalue weighted by Crippen LogP contribution is 2.27. The van der Waals surface area contributed by atoms with Crippen molar-refractivity contribution in [3.63, 3.8) is 0 Å². The van der Waals surface area contributed by atoms with E-state index in [-0.39, 0.29) is 11.7 Å². The largest absolute Gasteiger partial charge is 0.508 e. The predicted molar refractivity (Wildman–Crippen MR) is 123 cm³/mol. The summed E-state index contributed by atoms with van der Waals surface area (Å²) < 4.78 is 0. The molecular weight excluding hydrogens is 410 g/mol. The lowest BCUT2D eigenvalue weighted by Crippen LogP contribution is -2.01. The number of hydrogen-bond donors (Lipinski definition) is 3. The van der Waals surface area contributed by atoms with Gasteiger partial charge >= 0.3 is 0 Å². The van der Waals surface area contributed by atoms with Crippen LogP contribution in [0.3, 0.4) is 0 Å². The van der Waals surface area contributed by atoms with Gasteiger partial charge in [0.15, 0.2) is 0 Å². The van der Waals surface area contributed by atoms with E-state index in [9.17, 15) is 9.90 Å². The zero-order valence-electron chi connectivity index (χ0n) is 17.2. The molecule has 0 aliphatic carbocycles. The van der Waals surface area contributed by atoms with Crippen molar-refractivity contribution in [3.8, 4) is 16.3 Å². The van der Waals surface area contributed by atoms with Gasteiger partial charge in [0.1, 0.15) is 17.4 Å². The number of thiazole rings is 1. The molecule has 0 spiro atoms.